The van der Waals surface area contributed by atoms with Crippen molar-refractivity contribution in [3.05, 3.63) is 28.2 Å². The van der Waals surface area contributed by atoms with Gasteiger partial charge in [0.2, 0.25) is 0 Å². The highest BCUT2D eigenvalue weighted by Crippen LogP contribution is 2.27. The Bertz CT molecular complexity index is 514. The van der Waals surface area contributed by atoms with Crippen LogP contribution < -0.4 is 4.90 Å². The Morgan fingerprint density at radius 2 is 2.06 bits per heavy atom. The first-order chi connectivity index (χ1) is 8.20. The molecule has 1 N–H and O–H groups in total. The first kappa shape index (κ1) is 15.5. The van der Waals surface area contributed by atoms with Crippen LogP contribution in [-0.2, 0) is 9.84 Å². The number of halogens is 1. The van der Waals surface area contributed by atoms with Crippen molar-refractivity contribution in [3.63, 3.8) is 0 Å². The summed E-state index contributed by atoms with van der Waals surface area (Å²) in [4.78, 5) is 1.87. The highest BCUT2D eigenvalue weighted by atomic mass is 79.9. The largest absolute Gasteiger partial charge is 0.389 e. The van der Waals surface area contributed by atoms with Gasteiger partial charge in [0.15, 0.2) is 0 Å². The zero-order valence-electron chi connectivity index (χ0n) is 10.7. The summed E-state index contributed by atoms with van der Waals surface area (Å²) in [6.07, 6.45) is 0.697. The zero-order valence-corrected chi connectivity index (χ0v) is 13.1. The van der Waals surface area contributed by atoms with Crippen LogP contribution in [0.25, 0.3) is 0 Å². The molecule has 0 saturated heterocycles. The van der Waals surface area contributed by atoms with E-state index in [1.807, 2.05) is 30.1 Å². The average Bonchev–Trinajstić information content (AvgIpc) is 2.24. The lowest BCUT2D eigenvalue weighted by molar-refractivity contribution is 0.198. The molecule has 1 aromatic carbocycles. The number of anilines is 1. The van der Waals surface area contributed by atoms with E-state index in [1.54, 1.807) is 6.92 Å². The lowest BCUT2D eigenvalue weighted by Gasteiger charge is -2.20. The van der Waals surface area contributed by atoms with Crippen LogP contribution in [0.15, 0.2) is 22.7 Å². The fourth-order valence-electron chi connectivity index (χ4n) is 1.52. The number of benzene rings is 1. The molecule has 0 fully saturated rings. The van der Waals surface area contributed by atoms with Crippen molar-refractivity contribution >= 4 is 31.5 Å². The molecule has 0 amide bonds. The van der Waals surface area contributed by atoms with Gasteiger partial charge in [0.05, 0.1) is 11.9 Å². The van der Waals surface area contributed by atoms with Crippen molar-refractivity contribution in [2.24, 2.45) is 0 Å². The fraction of sp³-hybridized carbons (Fsp3) is 0.500. The summed E-state index contributed by atoms with van der Waals surface area (Å²) >= 11 is 3.40. The van der Waals surface area contributed by atoms with E-state index in [4.69, 9.17) is 0 Å². The number of aliphatic hydroxyl groups excluding tert-OH is 1. The summed E-state index contributed by atoms with van der Waals surface area (Å²) in [5, 5.41) is 9.52. The number of hydrogen-bond acceptors (Lipinski definition) is 4. The van der Waals surface area contributed by atoms with Gasteiger partial charge in [-0.1, -0.05) is 22.0 Å². The third-order valence-electron chi connectivity index (χ3n) is 2.67. The molecule has 0 aliphatic carbocycles. The van der Waals surface area contributed by atoms with Crippen molar-refractivity contribution in [2.75, 3.05) is 30.5 Å². The van der Waals surface area contributed by atoms with E-state index in [1.165, 1.54) is 6.26 Å². The number of rotatable bonds is 5. The standard InChI is InChI=1S/C12H18BrNO3S/c1-9(15)11-5-4-10(8-12(11)13)14(2)6-7-18(3,16)17/h4-5,8-9,15H,6-7H2,1-3H3. The maximum atomic E-state index is 11.1. The lowest BCUT2D eigenvalue weighted by Crippen LogP contribution is -2.24. The highest BCUT2D eigenvalue weighted by molar-refractivity contribution is 9.10. The molecule has 1 aromatic rings. The first-order valence-electron chi connectivity index (χ1n) is 5.57. The van der Waals surface area contributed by atoms with E-state index in [2.05, 4.69) is 15.9 Å². The third-order valence-corrected chi connectivity index (χ3v) is 4.28. The molecule has 0 bridgehead atoms. The van der Waals surface area contributed by atoms with E-state index < -0.39 is 15.9 Å². The Hall–Kier alpha value is -0.590. The molecule has 6 heteroatoms. The van der Waals surface area contributed by atoms with E-state index in [0.29, 0.717) is 6.54 Å². The SMILES string of the molecule is CC(O)c1ccc(N(C)CCS(C)(=O)=O)cc1Br. The van der Waals surface area contributed by atoms with Gasteiger partial charge in [-0.3, -0.25) is 0 Å². The third kappa shape index (κ3) is 4.59. The number of nitrogens with zero attached hydrogens (tertiary/aromatic N) is 1. The summed E-state index contributed by atoms with van der Waals surface area (Å²) in [6.45, 7) is 2.15. The second-order valence-electron chi connectivity index (χ2n) is 4.43. The minimum atomic E-state index is -2.95. The molecule has 18 heavy (non-hydrogen) atoms. The van der Waals surface area contributed by atoms with Gasteiger partial charge in [-0.15, -0.1) is 0 Å². The Kier molecular flexibility index (Phi) is 5.19. The van der Waals surface area contributed by atoms with Crippen molar-refractivity contribution < 1.29 is 13.5 Å². The monoisotopic (exact) mass is 335 g/mol. The van der Waals surface area contributed by atoms with Crippen LogP contribution in [-0.4, -0.2) is 39.1 Å². The van der Waals surface area contributed by atoms with Gasteiger partial charge in [0.1, 0.15) is 9.84 Å². The normalized spacial score (nSPS) is 13.4. The van der Waals surface area contributed by atoms with Crippen LogP contribution in [0.4, 0.5) is 5.69 Å². The van der Waals surface area contributed by atoms with E-state index in [-0.39, 0.29) is 5.75 Å². The van der Waals surface area contributed by atoms with Gasteiger partial charge in [-0.2, -0.15) is 0 Å². The summed E-state index contributed by atoms with van der Waals surface area (Å²) < 4.78 is 23.0. The molecule has 102 valence electrons. The average molecular weight is 336 g/mol. The van der Waals surface area contributed by atoms with Crippen molar-refractivity contribution in [1.29, 1.82) is 0 Å². The molecule has 0 aliphatic heterocycles. The minimum Gasteiger partial charge on any atom is -0.389 e. The smallest absolute Gasteiger partial charge is 0.149 e. The molecule has 0 spiro atoms. The molecular formula is C12H18BrNO3S. The Balaban J connectivity index is 2.81. The topological polar surface area (TPSA) is 57.6 Å². The minimum absolute atomic E-state index is 0.124. The molecule has 1 unspecified atom stereocenters. The lowest BCUT2D eigenvalue weighted by atomic mass is 10.1. The Morgan fingerprint density at radius 3 is 2.50 bits per heavy atom. The summed E-state index contributed by atoms with van der Waals surface area (Å²) in [7, 11) is -1.11. The van der Waals surface area contributed by atoms with E-state index in [9.17, 15) is 13.5 Å². The van der Waals surface area contributed by atoms with Crippen LogP contribution in [0.5, 0.6) is 0 Å². The first-order valence-corrected chi connectivity index (χ1v) is 8.42. The van der Waals surface area contributed by atoms with Crippen LogP contribution in [0.2, 0.25) is 0 Å². The summed E-state index contributed by atoms with van der Waals surface area (Å²) in [6, 6.07) is 5.58. The predicted octanol–water partition coefficient (Wildman–Crippen LogP) is 1.98. The molecule has 0 aromatic heterocycles. The van der Waals surface area contributed by atoms with Crippen LogP contribution in [0, 0.1) is 0 Å². The molecule has 0 heterocycles. The summed E-state index contributed by atoms with van der Waals surface area (Å²) in [5.74, 6) is 0.124. The maximum Gasteiger partial charge on any atom is 0.149 e. The van der Waals surface area contributed by atoms with Crippen molar-refractivity contribution in [2.45, 2.75) is 13.0 Å². The van der Waals surface area contributed by atoms with E-state index >= 15 is 0 Å². The van der Waals surface area contributed by atoms with Crippen molar-refractivity contribution in [3.8, 4) is 0 Å². The molecule has 0 aliphatic rings. The Morgan fingerprint density at radius 1 is 1.44 bits per heavy atom. The van der Waals surface area contributed by atoms with E-state index in [0.717, 1.165) is 15.7 Å². The number of sulfone groups is 1. The van der Waals surface area contributed by atoms with Crippen molar-refractivity contribution in [1.82, 2.24) is 0 Å². The van der Waals surface area contributed by atoms with Crippen LogP contribution >= 0.6 is 15.9 Å². The quantitative estimate of drug-likeness (QED) is 0.893. The second kappa shape index (κ2) is 6.04. The van der Waals surface area contributed by atoms with Crippen LogP contribution in [0.3, 0.4) is 0 Å². The van der Waals surface area contributed by atoms with Crippen LogP contribution in [0.1, 0.15) is 18.6 Å². The molecule has 4 nitrogen and oxygen atoms in total. The maximum absolute atomic E-state index is 11.1. The molecule has 0 radical (unpaired) electrons. The summed E-state index contributed by atoms with van der Waals surface area (Å²) in [5.41, 5.74) is 1.73. The van der Waals surface area contributed by atoms with Gasteiger partial charge in [0, 0.05) is 30.0 Å². The highest BCUT2D eigenvalue weighted by Gasteiger charge is 2.10. The molecule has 1 rings (SSSR count). The fourth-order valence-corrected chi connectivity index (χ4v) is 2.83. The molecule has 1 atom stereocenters. The van der Waals surface area contributed by atoms with Gasteiger partial charge in [-0.25, -0.2) is 8.42 Å². The number of hydrogen-bond donors (Lipinski definition) is 1. The van der Waals surface area contributed by atoms with Gasteiger partial charge < -0.3 is 10.0 Å². The zero-order chi connectivity index (χ0) is 13.9. The number of aliphatic hydroxyl groups is 1. The second-order valence-corrected chi connectivity index (χ2v) is 7.55. The molecule has 0 saturated carbocycles. The van der Waals surface area contributed by atoms with Gasteiger partial charge in [-0.05, 0) is 24.6 Å². The van der Waals surface area contributed by atoms with Gasteiger partial charge >= 0.3 is 0 Å². The predicted molar refractivity (Wildman–Crippen MR) is 77.8 cm³/mol. The molecular weight excluding hydrogens is 318 g/mol. The van der Waals surface area contributed by atoms with Gasteiger partial charge in [0.25, 0.3) is 0 Å². The Labute approximate surface area is 117 Å².